The molecule has 0 saturated heterocycles. The minimum atomic E-state index is -0.763. The number of carbonyl (C=O) groups is 2. The maximum Gasteiger partial charge on any atom is 0.357 e. The molecule has 28 heavy (non-hydrogen) atoms. The Morgan fingerprint density at radius 2 is 1.71 bits per heavy atom. The van der Waals surface area contributed by atoms with Crippen LogP contribution in [0.3, 0.4) is 0 Å². The number of rotatable bonds is 4. The normalized spacial score (nSPS) is 10.2. The summed E-state index contributed by atoms with van der Waals surface area (Å²) in [4.78, 5) is 25.1. The van der Waals surface area contributed by atoms with Gasteiger partial charge in [0.15, 0.2) is 5.69 Å². The van der Waals surface area contributed by atoms with Crippen LogP contribution in [0.25, 0.3) is 16.9 Å². The summed E-state index contributed by atoms with van der Waals surface area (Å²) >= 11 is 3.33. The molecule has 0 atom stereocenters. The molecule has 8 heteroatoms. The zero-order valence-electron chi connectivity index (χ0n) is 15.0. The molecule has 1 heterocycles. The van der Waals surface area contributed by atoms with E-state index in [0.29, 0.717) is 15.7 Å². The summed E-state index contributed by atoms with van der Waals surface area (Å²) in [5, 5.41) is 14.1. The predicted molar refractivity (Wildman–Crippen MR) is 104 cm³/mol. The van der Waals surface area contributed by atoms with Crippen molar-refractivity contribution in [1.29, 1.82) is 5.26 Å². The number of nitriles is 1. The van der Waals surface area contributed by atoms with Gasteiger partial charge in [-0.25, -0.2) is 14.3 Å². The van der Waals surface area contributed by atoms with E-state index in [1.54, 1.807) is 42.5 Å². The number of methoxy groups -OCH3 is 2. The van der Waals surface area contributed by atoms with Gasteiger partial charge >= 0.3 is 11.9 Å². The van der Waals surface area contributed by atoms with Gasteiger partial charge in [0.25, 0.3) is 0 Å². The maximum absolute atomic E-state index is 12.6. The quantitative estimate of drug-likeness (QED) is 0.574. The molecular formula is C20H14BrN3O4. The number of hydrogen-bond donors (Lipinski definition) is 0. The molecule has 0 spiro atoms. The molecule has 0 aliphatic heterocycles. The lowest BCUT2D eigenvalue weighted by Crippen LogP contribution is -2.15. The number of para-hydroxylation sites is 1. The fourth-order valence-electron chi connectivity index (χ4n) is 2.78. The van der Waals surface area contributed by atoms with Gasteiger partial charge < -0.3 is 9.47 Å². The highest BCUT2D eigenvalue weighted by molar-refractivity contribution is 9.10. The van der Waals surface area contributed by atoms with Crippen molar-refractivity contribution in [2.24, 2.45) is 0 Å². The molecule has 1 aromatic heterocycles. The Bertz CT molecular complexity index is 1100. The van der Waals surface area contributed by atoms with E-state index >= 15 is 0 Å². The Kier molecular flexibility index (Phi) is 5.57. The zero-order valence-corrected chi connectivity index (χ0v) is 16.6. The molecule has 7 nitrogen and oxygen atoms in total. The van der Waals surface area contributed by atoms with Gasteiger partial charge in [-0.2, -0.15) is 10.4 Å². The molecule has 0 N–H and O–H groups in total. The van der Waals surface area contributed by atoms with Crippen LogP contribution >= 0.6 is 15.9 Å². The van der Waals surface area contributed by atoms with Crippen LogP contribution in [0, 0.1) is 11.3 Å². The number of aromatic nitrogens is 2. The average molecular weight is 440 g/mol. The zero-order chi connectivity index (χ0) is 20.3. The molecule has 0 amide bonds. The third-order valence-corrected chi connectivity index (χ3v) is 4.70. The van der Waals surface area contributed by atoms with Crippen molar-refractivity contribution < 1.29 is 19.1 Å². The van der Waals surface area contributed by atoms with E-state index in [2.05, 4.69) is 27.1 Å². The Balaban J connectivity index is 2.43. The van der Waals surface area contributed by atoms with Gasteiger partial charge in [-0.3, -0.25) is 0 Å². The van der Waals surface area contributed by atoms with Crippen LogP contribution in [0.4, 0.5) is 0 Å². The van der Waals surface area contributed by atoms with Crippen molar-refractivity contribution in [2.75, 3.05) is 14.2 Å². The van der Waals surface area contributed by atoms with Crippen molar-refractivity contribution in [3.63, 3.8) is 0 Å². The number of nitrogens with zero attached hydrogens (tertiary/aromatic N) is 3. The lowest BCUT2D eigenvalue weighted by atomic mass is 10.0. The molecule has 3 aromatic rings. The molecule has 2 aromatic carbocycles. The number of benzene rings is 2. The van der Waals surface area contributed by atoms with Gasteiger partial charge in [0.2, 0.25) is 0 Å². The molecule has 0 aliphatic rings. The summed E-state index contributed by atoms with van der Waals surface area (Å²) in [6, 6.07) is 16.0. The molecule has 0 unspecified atom stereocenters. The molecule has 140 valence electrons. The molecule has 0 saturated carbocycles. The van der Waals surface area contributed by atoms with Gasteiger partial charge in [0.05, 0.1) is 25.5 Å². The highest BCUT2D eigenvalue weighted by atomic mass is 79.9. The van der Waals surface area contributed by atoms with Crippen molar-refractivity contribution in [1.82, 2.24) is 9.78 Å². The van der Waals surface area contributed by atoms with E-state index < -0.39 is 11.9 Å². The second-order valence-electron chi connectivity index (χ2n) is 5.58. The second kappa shape index (κ2) is 8.06. The van der Waals surface area contributed by atoms with Gasteiger partial charge in [0.1, 0.15) is 17.3 Å². The minimum Gasteiger partial charge on any atom is -0.465 e. The molecule has 0 radical (unpaired) electrons. The lowest BCUT2D eigenvalue weighted by molar-refractivity contribution is 0.0549. The Labute approximate surface area is 169 Å². The topological polar surface area (TPSA) is 94.2 Å². The van der Waals surface area contributed by atoms with Crippen molar-refractivity contribution >= 4 is 27.9 Å². The Hall–Kier alpha value is -3.44. The van der Waals surface area contributed by atoms with Gasteiger partial charge in [-0.15, -0.1) is 0 Å². The lowest BCUT2D eigenvalue weighted by Gasteiger charge is -2.07. The molecular weight excluding hydrogens is 426 g/mol. The summed E-state index contributed by atoms with van der Waals surface area (Å²) in [6.45, 7) is 0. The first-order valence-electron chi connectivity index (χ1n) is 8.07. The van der Waals surface area contributed by atoms with Crippen LogP contribution in [0.1, 0.15) is 26.4 Å². The fourth-order valence-corrected chi connectivity index (χ4v) is 3.23. The molecule has 0 bridgehead atoms. The standard InChI is InChI=1S/C20H14BrN3O4/c1-27-19(25)16-17(13-9-6-10-15(21)14(13)11-22)23-24(18(16)20(26)28-2)12-7-4-3-5-8-12/h3-10H,1-2H3. The summed E-state index contributed by atoms with van der Waals surface area (Å²) in [7, 11) is 2.42. The first-order chi connectivity index (χ1) is 13.5. The van der Waals surface area contributed by atoms with Gasteiger partial charge in [0, 0.05) is 10.0 Å². The van der Waals surface area contributed by atoms with Crippen LogP contribution < -0.4 is 0 Å². The van der Waals surface area contributed by atoms with Crippen molar-refractivity contribution in [2.45, 2.75) is 0 Å². The summed E-state index contributed by atoms with van der Waals surface area (Å²) in [6.07, 6.45) is 0. The number of esters is 2. The van der Waals surface area contributed by atoms with E-state index in [0.717, 1.165) is 0 Å². The molecule has 0 aliphatic carbocycles. The van der Waals surface area contributed by atoms with E-state index in [1.807, 2.05) is 6.07 Å². The largest absolute Gasteiger partial charge is 0.465 e. The number of hydrogen-bond acceptors (Lipinski definition) is 6. The third-order valence-electron chi connectivity index (χ3n) is 4.03. The smallest absolute Gasteiger partial charge is 0.357 e. The highest BCUT2D eigenvalue weighted by Crippen LogP contribution is 2.33. The SMILES string of the molecule is COC(=O)c1c(-c2cccc(Br)c2C#N)nn(-c2ccccc2)c1C(=O)OC. The van der Waals surface area contributed by atoms with Gasteiger partial charge in [-0.05, 0) is 34.1 Å². The third kappa shape index (κ3) is 3.28. The fraction of sp³-hybridized carbons (Fsp3) is 0.100. The van der Waals surface area contributed by atoms with Crippen LogP contribution in [-0.4, -0.2) is 35.9 Å². The Morgan fingerprint density at radius 1 is 1.04 bits per heavy atom. The molecule has 3 rings (SSSR count). The highest BCUT2D eigenvalue weighted by Gasteiger charge is 2.32. The first-order valence-corrected chi connectivity index (χ1v) is 8.86. The molecule has 0 fully saturated rings. The van der Waals surface area contributed by atoms with Crippen LogP contribution in [0.2, 0.25) is 0 Å². The number of halogens is 1. The monoisotopic (exact) mass is 439 g/mol. The minimum absolute atomic E-state index is 0.0761. The van der Waals surface area contributed by atoms with E-state index in [9.17, 15) is 14.9 Å². The van der Waals surface area contributed by atoms with Gasteiger partial charge in [-0.1, -0.05) is 30.3 Å². The van der Waals surface area contributed by atoms with Crippen molar-refractivity contribution in [3.05, 3.63) is 69.8 Å². The van der Waals surface area contributed by atoms with Crippen LogP contribution in [0.15, 0.2) is 53.0 Å². The number of carbonyl (C=O) groups excluding carboxylic acids is 2. The first kappa shape index (κ1) is 19.3. The summed E-state index contributed by atoms with van der Waals surface area (Å²) in [5.41, 5.74) is 1.20. The number of ether oxygens (including phenoxy) is 2. The maximum atomic E-state index is 12.6. The summed E-state index contributed by atoms with van der Waals surface area (Å²) < 4.78 is 11.6. The Morgan fingerprint density at radius 3 is 2.32 bits per heavy atom. The second-order valence-corrected chi connectivity index (χ2v) is 6.43. The average Bonchev–Trinajstić information content (AvgIpc) is 3.13. The summed E-state index contributed by atoms with van der Waals surface area (Å²) in [5.74, 6) is -1.52. The van der Waals surface area contributed by atoms with E-state index in [4.69, 9.17) is 9.47 Å². The van der Waals surface area contributed by atoms with E-state index in [-0.39, 0.29) is 22.5 Å². The predicted octanol–water partition coefficient (Wildman–Crippen LogP) is 3.75. The van der Waals surface area contributed by atoms with E-state index in [1.165, 1.54) is 18.9 Å². The van der Waals surface area contributed by atoms with Crippen molar-refractivity contribution in [3.8, 4) is 23.0 Å². The van der Waals surface area contributed by atoms with Crippen LogP contribution in [0.5, 0.6) is 0 Å². The van der Waals surface area contributed by atoms with Crippen LogP contribution in [-0.2, 0) is 9.47 Å².